The maximum atomic E-state index is 13.9. The predicted octanol–water partition coefficient (Wildman–Crippen LogP) is 3.13. The monoisotopic (exact) mass is 275 g/mol. The van der Waals surface area contributed by atoms with E-state index in [1.54, 1.807) is 6.07 Å². The summed E-state index contributed by atoms with van der Waals surface area (Å²) in [6.07, 6.45) is 4.40. The fraction of sp³-hybridized carbons (Fsp3) is 0.562. The topological polar surface area (TPSA) is 29.9 Å². The first-order valence-electron chi connectivity index (χ1n) is 7.64. The molecule has 1 saturated heterocycles. The lowest BCUT2D eigenvalue weighted by molar-refractivity contribution is 0.363. The van der Waals surface area contributed by atoms with E-state index in [1.807, 2.05) is 6.07 Å². The minimum atomic E-state index is -0.205. The Morgan fingerprint density at radius 3 is 2.90 bits per heavy atom. The average Bonchev–Trinajstić information content (AvgIpc) is 2.80. The quantitative estimate of drug-likeness (QED) is 0.929. The molecule has 1 aromatic heterocycles. The number of hydrogen-bond acceptors (Lipinski definition) is 2. The number of hydrogen-bond donors (Lipinski definition) is 1. The second-order valence-electron chi connectivity index (χ2n) is 5.68. The summed E-state index contributed by atoms with van der Waals surface area (Å²) in [4.78, 5) is 4.59. The van der Waals surface area contributed by atoms with Crippen LogP contribution in [0.2, 0.25) is 0 Å². The first-order chi connectivity index (χ1) is 9.79. The Morgan fingerprint density at radius 2 is 2.15 bits per heavy atom. The molecule has 1 aliphatic rings. The molecule has 3 nitrogen and oxygen atoms in total. The summed E-state index contributed by atoms with van der Waals surface area (Å²) in [5.41, 5.74) is 1.47. The van der Waals surface area contributed by atoms with E-state index in [1.165, 1.54) is 18.9 Å². The van der Waals surface area contributed by atoms with E-state index < -0.39 is 0 Å². The first kappa shape index (κ1) is 13.6. The summed E-state index contributed by atoms with van der Waals surface area (Å²) in [6, 6.07) is 5.26. The number of halogens is 1. The predicted molar refractivity (Wildman–Crippen MR) is 79.3 cm³/mol. The van der Waals surface area contributed by atoms with Crippen LogP contribution in [0.4, 0.5) is 4.39 Å². The van der Waals surface area contributed by atoms with Gasteiger partial charge in [0.25, 0.3) is 0 Å². The Balaban J connectivity index is 1.95. The highest BCUT2D eigenvalue weighted by Gasteiger charge is 2.19. The van der Waals surface area contributed by atoms with Gasteiger partial charge in [0.2, 0.25) is 0 Å². The molecule has 1 N–H and O–H groups in total. The van der Waals surface area contributed by atoms with Crippen LogP contribution in [0.3, 0.4) is 0 Å². The number of para-hydroxylation sites is 1. The van der Waals surface area contributed by atoms with E-state index in [2.05, 4.69) is 21.8 Å². The van der Waals surface area contributed by atoms with Gasteiger partial charge in [0.1, 0.15) is 11.3 Å². The number of imidazole rings is 1. The fourth-order valence-electron chi connectivity index (χ4n) is 3.13. The number of rotatable bonds is 4. The van der Waals surface area contributed by atoms with Crippen LogP contribution in [-0.4, -0.2) is 22.6 Å². The maximum Gasteiger partial charge on any atom is 0.151 e. The van der Waals surface area contributed by atoms with E-state index in [0.29, 0.717) is 11.4 Å². The maximum absolute atomic E-state index is 13.9. The Morgan fingerprint density at radius 1 is 1.35 bits per heavy atom. The van der Waals surface area contributed by atoms with Crippen LogP contribution in [0, 0.1) is 11.7 Å². The normalized spacial score (nSPS) is 16.9. The summed E-state index contributed by atoms with van der Waals surface area (Å²) < 4.78 is 16.1. The number of nitrogens with zero attached hydrogens (tertiary/aromatic N) is 2. The molecule has 0 atom stereocenters. The van der Waals surface area contributed by atoms with Crippen molar-refractivity contribution in [2.45, 2.75) is 39.2 Å². The van der Waals surface area contributed by atoms with Crippen molar-refractivity contribution in [1.82, 2.24) is 14.9 Å². The molecule has 0 spiro atoms. The molecule has 1 aromatic carbocycles. The molecule has 4 heteroatoms. The highest BCUT2D eigenvalue weighted by Crippen LogP contribution is 2.24. The zero-order valence-electron chi connectivity index (χ0n) is 12.0. The van der Waals surface area contributed by atoms with Crippen molar-refractivity contribution in [3.63, 3.8) is 0 Å². The van der Waals surface area contributed by atoms with Crippen LogP contribution in [0.25, 0.3) is 11.0 Å². The highest BCUT2D eigenvalue weighted by molar-refractivity contribution is 5.76. The van der Waals surface area contributed by atoms with E-state index in [0.717, 1.165) is 43.8 Å². The van der Waals surface area contributed by atoms with Gasteiger partial charge in [-0.2, -0.15) is 0 Å². The van der Waals surface area contributed by atoms with E-state index in [-0.39, 0.29) is 5.82 Å². The summed E-state index contributed by atoms with van der Waals surface area (Å²) in [5, 5.41) is 3.39. The molecule has 0 aliphatic carbocycles. The van der Waals surface area contributed by atoms with Crippen LogP contribution in [0.1, 0.15) is 32.0 Å². The van der Waals surface area contributed by atoms with Gasteiger partial charge < -0.3 is 9.88 Å². The number of aryl methyl sites for hydroxylation is 1. The van der Waals surface area contributed by atoms with Crippen molar-refractivity contribution in [2.24, 2.45) is 5.92 Å². The first-order valence-corrected chi connectivity index (χ1v) is 7.64. The van der Waals surface area contributed by atoms with Crippen molar-refractivity contribution in [1.29, 1.82) is 0 Å². The molecular weight excluding hydrogens is 253 g/mol. The third kappa shape index (κ3) is 2.57. The van der Waals surface area contributed by atoms with Gasteiger partial charge in [-0.15, -0.1) is 0 Å². The third-order valence-corrected chi connectivity index (χ3v) is 4.19. The summed E-state index contributed by atoms with van der Waals surface area (Å²) in [7, 11) is 0. The molecule has 3 rings (SSSR count). The van der Waals surface area contributed by atoms with E-state index >= 15 is 0 Å². The van der Waals surface area contributed by atoms with Crippen molar-refractivity contribution in [3.8, 4) is 0 Å². The molecule has 0 amide bonds. The Kier molecular flexibility index (Phi) is 4.01. The smallest absolute Gasteiger partial charge is 0.151 e. The van der Waals surface area contributed by atoms with Crippen molar-refractivity contribution >= 4 is 11.0 Å². The molecule has 1 fully saturated rings. The van der Waals surface area contributed by atoms with Gasteiger partial charge in [-0.05, 0) is 50.4 Å². The van der Waals surface area contributed by atoms with Crippen molar-refractivity contribution in [3.05, 3.63) is 29.8 Å². The second kappa shape index (κ2) is 5.92. The Hall–Kier alpha value is -1.42. The molecular formula is C16H22FN3. The lowest BCUT2D eigenvalue weighted by atomic mass is 9.94. The molecule has 2 heterocycles. The van der Waals surface area contributed by atoms with E-state index in [9.17, 15) is 4.39 Å². The van der Waals surface area contributed by atoms with Gasteiger partial charge in [0.15, 0.2) is 5.82 Å². The highest BCUT2D eigenvalue weighted by atomic mass is 19.1. The molecule has 20 heavy (non-hydrogen) atoms. The van der Waals surface area contributed by atoms with Gasteiger partial charge in [0, 0.05) is 13.0 Å². The number of benzene rings is 1. The van der Waals surface area contributed by atoms with Crippen molar-refractivity contribution in [2.75, 3.05) is 13.1 Å². The van der Waals surface area contributed by atoms with Gasteiger partial charge in [-0.25, -0.2) is 9.37 Å². The summed E-state index contributed by atoms with van der Waals surface area (Å²) in [6.45, 7) is 5.25. The minimum absolute atomic E-state index is 0.205. The van der Waals surface area contributed by atoms with Crippen LogP contribution >= 0.6 is 0 Å². The lowest BCUT2D eigenvalue weighted by Crippen LogP contribution is -2.29. The number of fused-ring (bicyclic) bond motifs is 1. The average molecular weight is 275 g/mol. The SMILES string of the molecule is CCCn1c(CC2CCNCC2)nc2c(F)cccc21. The number of aromatic nitrogens is 2. The van der Waals surface area contributed by atoms with Crippen LogP contribution in [-0.2, 0) is 13.0 Å². The minimum Gasteiger partial charge on any atom is -0.328 e. The van der Waals surface area contributed by atoms with Crippen LogP contribution < -0.4 is 5.32 Å². The van der Waals surface area contributed by atoms with Gasteiger partial charge >= 0.3 is 0 Å². The fourth-order valence-corrected chi connectivity index (χ4v) is 3.13. The van der Waals surface area contributed by atoms with Crippen molar-refractivity contribution < 1.29 is 4.39 Å². The largest absolute Gasteiger partial charge is 0.328 e. The molecule has 108 valence electrons. The Bertz CT molecular complexity index is 585. The second-order valence-corrected chi connectivity index (χ2v) is 5.68. The number of nitrogens with one attached hydrogen (secondary N) is 1. The van der Waals surface area contributed by atoms with Gasteiger partial charge in [-0.3, -0.25) is 0 Å². The van der Waals surface area contributed by atoms with E-state index in [4.69, 9.17) is 0 Å². The zero-order valence-corrected chi connectivity index (χ0v) is 12.0. The number of piperidine rings is 1. The molecule has 0 saturated carbocycles. The molecule has 0 bridgehead atoms. The zero-order chi connectivity index (χ0) is 13.9. The standard InChI is InChI=1S/C16H22FN3/c1-2-10-20-14-5-3-4-13(17)16(14)19-15(20)11-12-6-8-18-9-7-12/h3-5,12,18H,2,6-11H2,1H3. The molecule has 0 unspecified atom stereocenters. The van der Waals surface area contributed by atoms with Crippen LogP contribution in [0.5, 0.6) is 0 Å². The molecule has 2 aromatic rings. The third-order valence-electron chi connectivity index (χ3n) is 4.19. The Labute approximate surface area is 119 Å². The molecule has 0 radical (unpaired) electrons. The van der Waals surface area contributed by atoms with Gasteiger partial charge in [0.05, 0.1) is 5.52 Å². The summed E-state index contributed by atoms with van der Waals surface area (Å²) >= 11 is 0. The summed E-state index contributed by atoms with van der Waals surface area (Å²) in [5.74, 6) is 1.52. The van der Waals surface area contributed by atoms with Crippen LogP contribution in [0.15, 0.2) is 18.2 Å². The lowest BCUT2D eigenvalue weighted by Gasteiger charge is -2.22. The van der Waals surface area contributed by atoms with Gasteiger partial charge in [-0.1, -0.05) is 13.0 Å². The molecule has 1 aliphatic heterocycles.